The van der Waals surface area contributed by atoms with E-state index in [0.717, 1.165) is 19.0 Å². The molecule has 134 valence electrons. The summed E-state index contributed by atoms with van der Waals surface area (Å²) in [6.45, 7) is 1.47. The van der Waals surface area contributed by atoms with Crippen LogP contribution in [0.25, 0.3) is 0 Å². The Morgan fingerprint density at radius 3 is 2.60 bits per heavy atom. The van der Waals surface area contributed by atoms with Crippen LogP contribution in [0.4, 0.5) is 14.5 Å². The van der Waals surface area contributed by atoms with Crippen molar-refractivity contribution in [2.24, 2.45) is 0 Å². The van der Waals surface area contributed by atoms with Crippen molar-refractivity contribution in [1.82, 2.24) is 5.32 Å². The van der Waals surface area contributed by atoms with Gasteiger partial charge in [0, 0.05) is 18.3 Å². The number of nitrogens with one attached hydrogen (secondary N) is 1. The van der Waals surface area contributed by atoms with E-state index in [1.807, 2.05) is 0 Å². The summed E-state index contributed by atoms with van der Waals surface area (Å²) in [7, 11) is 0. The van der Waals surface area contributed by atoms with Crippen LogP contribution in [0.3, 0.4) is 0 Å². The molecule has 0 spiro atoms. The van der Waals surface area contributed by atoms with Crippen molar-refractivity contribution < 1.29 is 28.0 Å². The van der Waals surface area contributed by atoms with Gasteiger partial charge in [-0.1, -0.05) is 11.6 Å². The van der Waals surface area contributed by atoms with Crippen LogP contribution in [-0.2, 0) is 9.53 Å². The number of nitro benzene ring substituents is 1. The molecule has 25 heavy (non-hydrogen) atoms. The van der Waals surface area contributed by atoms with E-state index in [1.54, 1.807) is 0 Å². The summed E-state index contributed by atoms with van der Waals surface area (Å²) in [6.07, 6.45) is 2.74. The van der Waals surface area contributed by atoms with Crippen LogP contribution >= 0.6 is 11.6 Å². The molecule has 1 aromatic carbocycles. The fraction of sp³-hybridized carbons (Fsp3) is 0.333. The second-order valence-electron chi connectivity index (χ2n) is 5.19. The molecule has 0 atom stereocenters. The highest BCUT2D eigenvalue weighted by atomic mass is 35.5. The molecule has 0 saturated heterocycles. The normalized spacial score (nSPS) is 14.2. The van der Waals surface area contributed by atoms with Gasteiger partial charge >= 0.3 is 11.7 Å². The third-order valence-electron chi connectivity index (χ3n) is 3.35. The lowest BCUT2D eigenvalue weighted by Gasteiger charge is -2.09. The zero-order chi connectivity index (χ0) is 18.7. The number of ether oxygens (including phenoxy) is 1. The molecule has 1 aromatic rings. The van der Waals surface area contributed by atoms with Gasteiger partial charge < -0.3 is 10.1 Å². The number of hydrogen-bond donors (Lipinski definition) is 1. The second-order valence-corrected chi connectivity index (χ2v) is 5.57. The first-order chi connectivity index (χ1) is 11.8. The highest BCUT2D eigenvalue weighted by Crippen LogP contribution is 2.31. The molecule has 0 aromatic heterocycles. The van der Waals surface area contributed by atoms with Crippen molar-refractivity contribution in [2.75, 3.05) is 6.61 Å². The smallest absolute Gasteiger partial charge is 0.343 e. The molecule has 1 saturated carbocycles. The van der Waals surface area contributed by atoms with Crippen molar-refractivity contribution in [3.8, 4) is 0 Å². The van der Waals surface area contributed by atoms with Gasteiger partial charge in [-0.2, -0.15) is 4.39 Å². The molecule has 0 bridgehead atoms. The number of ketones is 1. The van der Waals surface area contributed by atoms with Crippen LogP contribution in [0.1, 0.15) is 30.1 Å². The second kappa shape index (κ2) is 7.56. The molecule has 1 aliphatic rings. The van der Waals surface area contributed by atoms with Gasteiger partial charge in [0.2, 0.25) is 11.6 Å². The van der Waals surface area contributed by atoms with Crippen LogP contribution in [0.15, 0.2) is 17.8 Å². The fourth-order valence-electron chi connectivity index (χ4n) is 1.91. The Labute approximate surface area is 145 Å². The Morgan fingerprint density at radius 2 is 2.08 bits per heavy atom. The maximum Gasteiger partial charge on any atom is 0.343 e. The van der Waals surface area contributed by atoms with Gasteiger partial charge in [-0.25, -0.2) is 9.18 Å². The number of hydrogen-bond acceptors (Lipinski definition) is 6. The van der Waals surface area contributed by atoms with Crippen molar-refractivity contribution >= 4 is 29.0 Å². The van der Waals surface area contributed by atoms with Crippen LogP contribution < -0.4 is 5.32 Å². The summed E-state index contributed by atoms with van der Waals surface area (Å²) in [5.41, 5.74) is -2.63. The predicted molar refractivity (Wildman–Crippen MR) is 83.2 cm³/mol. The van der Waals surface area contributed by atoms with Gasteiger partial charge in [0.15, 0.2) is 5.82 Å². The first-order valence-corrected chi connectivity index (χ1v) is 7.65. The summed E-state index contributed by atoms with van der Waals surface area (Å²) >= 11 is 5.40. The maximum absolute atomic E-state index is 14.2. The minimum atomic E-state index is -1.60. The molecule has 10 heteroatoms. The molecule has 1 fully saturated rings. The zero-order valence-electron chi connectivity index (χ0n) is 13.0. The Kier molecular flexibility index (Phi) is 5.68. The van der Waals surface area contributed by atoms with E-state index in [2.05, 4.69) is 5.32 Å². The number of Topliss-reactive ketones (excluding diaryl/α,β-unsaturated/α-hetero) is 1. The fourth-order valence-corrected chi connectivity index (χ4v) is 2.11. The number of nitrogens with zero attached hydrogens (tertiary/aromatic N) is 1. The molecule has 0 aliphatic heterocycles. The summed E-state index contributed by atoms with van der Waals surface area (Å²) in [5, 5.41) is 12.4. The third kappa shape index (κ3) is 4.11. The molecule has 0 amide bonds. The highest BCUT2D eigenvalue weighted by molar-refractivity contribution is 6.32. The average Bonchev–Trinajstić information content (AvgIpc) is 3.37. The van der Waals surface area contributed by atoms with Crippen molar-refractivity contribution in [3.63, 3.8) is 0 Å². The lowest BCUT2D eigenvalue weighted by atomic mass is 10.0. The number of carbonyl (C=O) groups excluding carboxylic acids is 2. The number of nitro groups is 1. The quantitative estimate of drug-likeness (QED) is 0.115. The zero-order valence-corrected chi connectivity index (χ0v) is 13.7. The highest BCUT2D eigenvalue weighted by Gasteiger charge is 2.31. The molecule has 0 unspecified atom stereocenters. The summed E-state index contributed by atoms with van der Waals surface area (Å²) < 4.78 is 32.6. The predicted octanol–water partition coefficient (Wildman–Crippen LogP) is 2.91. The van der Waals surface area contributed by atoms with Crippen molar-refractivity contribution in [3.05, 3.63) is 50.2 Å². The van der Waals surface area contributed by atoms with Gasteiger partial charge in [0.1, 0.15) is 10.6 Å². The Hall–Kier alpha value is -2.55. The topological polar surface area (TPSA) is 98.5 Å². The van der Waals surface area contributed by atoms with E-state index in [9.17, 15) is 28.5 Å². The molecule has 1 aliphatic carbocycles. The number of halogens is 3. The van der Waals surface area contributed by atoms with Gasteiger partial charge in [-0.3, -0.25) is 14.9 Å². The number of carbonyl (C=O) groups is 2. The lowest BCUT2D eigenvalue weighted by molar-refractivity contribution is -0.387. The largest absolute Gasteiger partial charge is 0.462 e. The van der Waals surface area contributed by atoms with E-state index in [-0.39, 0.29) is 12.6 Å². The SMILES string of the molecule is CCOC(=O)C(=CNC1CC1)C(=O)c1cc([N+](=O)[O-])c(F)c(Cl)c1F. The van der Waals surface area contributed by atoms with E-state index in [4.69, 9.17) is 16.3 Å². The van der Waals surface area contributed by atoms with Gasteiger partial charge in [-0.05, 0) is 19.8 Å². The average molecular weight is 375 g/mol. The Balaban J connectivity index is 2.49. The van der Waals surface area contributed by atoms with E-state index >= 15 is 0 Å². The monoisotopic (exact) mass is 374 g/mol. The summed E-state index contributed by atoms with van der Waals surface area (Å²) in [6, 6.07) is 0.483. The standard InChI is InChI=1S/C15H13ClF2N2O5/c1-2-25-15(22)9(6-19-7-3-4-7)14(21)8-5-10(20(23)24)13(18)11(16)12(8)17/h5-7,19H,2-4H2,1H3. The lowest BCUT2D eigenvalue weighted by Crippen LogP contribution is -2.21. The van der Waals surface area contributed by atoms with Crippen LogP contribution in [0.5, 0.6) is 0 Å². The maximum atomic E-state index is 14.2. The van der Waals surface area contributed by atoms with Gasteiger partial charge in [0.05, 0.1) is 17.1 Å². The Morgan fingerprint density at radius 1 is 1.44 bits per heavy atom. The number of benzene rings is 1. The third-order valence-corrected chi connectivity index (χ3v) is 3.68. The number of rotatable bonds is 7. The first kappa shape index (κ1) is 18.8. The first-order valence-electron chi connectivity index (χ1n) is 7.27. The van der Waals surface area contributed by atoms with Gasteiger partial charge in [-0.15, -0.1) is 0 Å². The van der Waals surface area contributed by atoms with Crippen LogP contribution in [0.2, 0.25) is 5.02 Å². The minimum Gasteiger partial charge on any atom is -0.462 e. The van der Waals surface area contributed by atoms with Crippen molar-refractivity contribution in [2.45, 2.75) is 25.8 Å². The Bertz CT molecular complexity index is 778. The summed E-state index contributed by atoms with van der Waals surface area (Å²) in [4.78, 5) is 34.2. The molecule has 0 radical (unpaired) electrons. The van der Waals surface area contributed by atoms with E-state index < -0.39 is 50.2 Å². The number of esters is 1. The molecular formula is C15H13ClF2N2O5. The van der Waals surface area contributed by atoms with E-state index in [1.165, 1.54) is 6.92 Å². The molecule has 7 nitrogen and oxygen atoms in total. The van der Waals surface area contributed by atoms with Crippen molar-refractivity contribution in [1.29, 1.82) is 0 Å². The van der Waals surface area contributed by atoms with E-state index in [0.29, 0.717) is 6.07 Å². The minimum absolute atomic E-state index is 0.0420. The molecule has 0 heterocycles. The molecule has 2 rings (SSSR count). The molecular weight excluding hydrogens is 362 g/mol. The molecule has 1 N–H and O–H groups in total. The van der Waals surface area contributed by atoms with Gasteiger partial charge in [0.25, 0.3) is 0 Å². The van der Waals surface area contributed by atoms with Crippen LogP contribution in [0, 0.1) is 21.7 Å². The summed E-state index contributed by atoms with van der Waals surface area (Å²) in [5.74, 6) is -5.33. The van der Waals surface area contributed by atoms with Crippen LogP contribution in [-0.4, -0.2) is 29.3 Å².